The van der Waals surface area contributed by atoms with Crippen molar-refractivity contribution in [3.05, 3.63) is 12.2 Å². The van der Waals surface area contributed by atoms with E-state index in [0.717, 1.165) is 12.0 Å². The first-order valence-corrected chi connectivity index (χ1v) is 6.13. The van der Waals surface area contributed by atoms with E-state index in [1.54, 1.807) is 0 Å². The van der Waals surface area contributed by atoms with Crippen LogP contribution in [0, 0.1) is 5.41 Å². The molecule has 0 rings (SSSR count). The second-order valence-electron chi connectivity index (χ2n) is 4.69. The highest BCUT2D eigenvalue weighted by Gasteiger charge is 2.31. The lowest BCUT2D eigenvalue weighted by Gasteiger charge is -2.31. The summed E-state index contributed by atoms with van der Waals surface area (Å²) in [4.78, 5) is 9.77. The highest BCUT2D eigenvalue weighted by Crippen LogP contribution is 2.26. The quantitative estimate of drug-likeness (QED) is 0.203. The van der Waals surface area contributed by atoms with Gasteiger partial charge in [0.2, 0.25) is 0 Å². The first kappa shape index (κ1) is 17.5. The van der Waals surface area contributed by atoms with E-state index in [-0.39, 0.29) is 0 Å². The van der Waals surface area contributed by atoms with Crippen LogP contribution in [0.2, 0.25) is 0 Å². The topological polar surface area (TPSA) is 57.2 Å². The maximum atomic E-state index is 9.71. The molecule has 0 aromatic rings. The summed E-state index contributed by atoms with van der Waals surface area (Å²) >= 11 is 0. The fraction of sp³-hybridized carbons (Fsp3) is 0.846. The van der Waals surface area contributed by atoms with Gasteiger partial charge in [-0.3, -0.25) is 0 Å². The van der Waals surface area contributed by atoms with Crippen LogP contribution in [0.4, 0.5) is 0 Å². The highest BCUT2D eigenvalue weighted by atomic mass is 17.2. The van der Waals surface area contributed by atoms with Crippen LogP contribution in [0.1, 0.15) is 27.2 Å². The molecule has 0 aliphatic carbocycles. The Kier molecular flexibility index (Phi) is 9.23. The van der Waals surface area contributed by atoms with Crippen LogP contribution >= 0.6 is 0 Å². The molecule has 18 heavy (non-hydrogen) atoms. The molecule has 0 amide bonds. The molecular weight excluding hydrogens is 236 g/mol. The zero-order valence-electron chi connectivity index (χ0n) is 11.9. The molecule has 0 fully saturated rings. The molecule has 108 valence electrons. The largest absolute Gasteiger partial charge is 0.378 e. The minimum Gasteiger partial charge on any atom is -0.378 e. The van der Waals surface area contributed by atoms with E-state index in [9.17, 15) is 5.11 Å². The Morgan fingerprint density at radius 1 is 1.33 bits per heavy atom. The van der Waals surface area contributed by atoms with E-state index in [0.29, 0.717) is 26.4 Å². The van der Waals surface area contributed by atoms with Gasteiger partial charge in [0.25, 0.3) is 0 Å². The molecular formula is C13H26O5. The van der Waals surface area contributed by atoms with Gasteiger partial charge in [-0.2, -0.15) is 0 Å². The predicted octanol–water partition coefficient (Wildman–Crippen LogP) is 1.91. The summed E-state index contributed by atoms with van der Waals surface area (Å²) in [6, 6.07) is 0. The van der Waals surface area contributed by atoms with Gasteiger partial charge in [-0.25, -0.2) is 9.78 Å². The zero-order valence-corrected chi connectivity index (χ0v) is 11.9. The predicted molar refractivity (Wildman–Crippen MR) is 69.0 cm³/mol. The van der Waals surface area contributed by atoms with Gasteiger partial charge in [0.05, 0.1) is 13.2 Å². The number of rotatable bonds is 11. The zero-order chi connectivity index (χ0) is 14.0. The van der Waals surface area contributed by atoms with Gasteiger partial charge in [0, 0.05) is 12.5 Å². The van der Waals surface area contributed by atoms with Crippen molar-refractivity contribution in [2.75, 3.05) is 33.5 Å². The van der Waals surface area contributed by atoms with Gasteiger partial charge in [-0.1, -0.05) is 26.0 Å². The third-order valence-electron chi connectivity index (χ3n) is 2.76. The number of aliphatic hydroxyl groups excluding tert-OH is 1. The third-order valence-corrected chi connectivity index (χ3v) is 2.76. The normalized spacial score (nSPS) is 16.3. The molecule has 5 nitrogen and oxygen atoms in total. The second kappa shape index (κ2) is 9.47. The van der Waals surface area contributed by atoms with Crippen molar-refractivity contribution in [3.8, 4) is 0 Å². The van der Waals surface area contributed by atoms with Gasteiger partial charge < -0.3 is 14.6 Å². The first-order valence-electron chi connectivity index (χ1n) is 6.13. The summed E-state index contributed by atoms with van der Waals surface area (Å²) in [7, 11) is 1.48. The van der Waals surface area contributed by atoms with E-state index in [2.05, 4.69) is 6.58 Å². The third kappa shape index (κ3) is 7.08. The molecule has 0 aromatic heterocycles. The van der Waals surface area contributed by atoms with Crippen LogP contribution in [0.15, 0.2) is 12.2 Å². The maximum Gasteiger partial charge on any atom is 0.161 e. The van der Waals surface area contributed by atoms with Crippen molar-refractivity contribution < 1.29 is 24.4 Å². The average molecular weight is 262 g/mol. The lowest BCUT2D eigenvalue weighted by atomic mass is 9.88. The van der Waals surface area contributed by atoms with Crippen molar-refractivity contribution >= 4 is 0 Å². The first-order chi connectivity index (χ1) is 8.46. The molecule has 0 aromatic carbocycles. The van der Waals surface area contributed by atoms with E-state index >= 15 is 0 Å². The second-order valence-corrected chi connectivity index (χ2v) is 4.69. The van der Waals surface area contributed by atoms with E-state index in [1.807, 2.05) is 20.8 Å². The number of hydrogen-bond acceptors (Lipinski definition) is 5. The fourth-order valence-corrected chi connectivity index (χ4v) is 1.23. The Morgan fingerprint density at radius 3 is 2.50 bits per heavy atom. The molecule has 0 heterocycles. The molecule has 0 bridgehead atoms. The van der Waals surface area contributed by atoms with Crippen LogP contribution in [-0.2, 0) is 19.2 Å². The van der Waals surface area contributed by atoms with Crippen molar-refractivity contribution in [2.45, 2.75) is 33.5 Å². The van der Waals surface area contributed by atoms with E-state index < -0.39 is 11.7 Å². The minimum atomic E-state index is -0.830. The van der Waals surface area contributed by atoms with E-state index in [1.165, 1.54) is 7.11 Å². The summed E-state index contributed by atoms with van der Waals surface area (Å²) in [6.45, 7) is 11.0. The van der Waals surface area contributed by atoms with E-state index in [4.69, 9.17) is 19.2 Å². The van der Waals surface area contributed by atoms with Crippen LogP contribution in [0.25, 0.3) is 0 Å². The van der Waals surface area contributed by atoms with Crippen LogP contribution < -0.4 is 0 Å². The Labute approximate surface area is 110 Å². The van der Waals surface area contributed by atoms with Crippen molar-refractivity contribution in [3.63, 3.8) is 0 Å². The van der Waals surface area contributed by atoms with Gasteiger partial charge in [0.1, 0.15) is 13.2 Å². The van der Waals surface area contributed by atoms with Crippen LogP contribution in [0.5, 0.6) is 0 Å². The monoisotopic (exact) mass is 262 g/mol. The molecule has 0 saturated heterocycles. The molecule has 0 radical (unpaired) electrons. The molecule has 2 atom stereocenters. The summed E-state index contributed by atoms with van der Waals surface area (Å²) in [5, 5.41) is 9.71. The van der Waals surface area contributed by atoms with Crippen molar-refractivity contribution in [2.24, 2.45) is 5.41 Å². The van der Waals surface area contributed by atoms with Crippen LogP contribution in [0.3, 0.4) is 0 Å². The molecule has 0 aliphatic rings. The molecule has 1 N–H and O–H groups in total. The van der Waals surface area contributed by atoms with Gasteiger partial charge in [-0.05, 0) is 13.3 Å². The lowest BCUT2D eigenvalue weighted by Crippen LogP contribution is -2.37. The Balaban J connectivity index is 3.66. The summed E-state index contributed by atoms with van der Waals surface area (Å²) < 4.78 is 10.4. The summed E-state index contributed by atoms with van der Waals surface area (Å²) in [5.74, 6) is 0. The molecule has 0 spiro atoms. The Morgan fingerprint density at radius 2 is 2.00 bits per heavy atom. The Hall–Kier alpha value is -0.460. The molecule has 0 aliphatic heterocycles. The minimum absolute atomic E-state index is 0.343. The van der Waals surface area contributed by atoms with Crippen molar-refractivity contribution in [1.29, 1.82) is 0 Å². The van der Waals surface area contributed by atoms with Gasteiger partial charge in [-0.15, -0.1) is 0 Å². The smallest absolute Gasteiger partial charge is 0.161 e. The summed E-state index contributed by atoms with van der Waals surface area (Å²) in [5.41, 5.74) is 0.491. The molecule has 5 heteroatoms. The standard InChI is InChI=1S/C13H26O5/c1-6-13(4,12(14)15-5)10-16-7-8-17-18-9-11(2)3/h12,14H,2,6-10H2,1,3-5H3. The highest BCUT2D eigenvalue weighted by molar-refractivity contribution is 4.86. The number of ether oxygens (including phenoxy) is 2. The average Bonchev–Trinajstić information content (AvgIpc) is 2.35. The van der Waals surface area contributed by atoms with Crippen molar-refractivity contribution in [1.82, 2.24) is 0 Å². The maximum absolute atomic E-state index is 9.71. The fourth-order valence-electron chi connectivity index (χ4n) is 1.23. The summed E-state index contributed by atoms with van der Waals surface area (Å²) in [6.07, 6.45) is -0.0715. The van der Waals surface area contributed by atoms with Gasteiger partial charge in [0.15, 0.2) is 6.29 Å². The molecule has 0 saturated carbocycles. The van der Waals surface area contributed by atoms with Crippen LogP contribution in [-0.4, -0.2) is 44.9 Å². The van der Waals surface area contributed by atoms with Gasteiger partial charge >= 0.3 is 0 Å². The number of aliphatic hydroxyl groups is 1. The lowest BCUT2D eigenvalue weighted by molar-refractivity contribution is -0.294. The SMILES string of the molecule is C=C(C)COOCCOCC(C)(CC)C(O)OC. The molecule has 2 unspecified atom stereocenters. The number of hydrogen-bond donors (Lipinski definition) is 1. The number of methoxy groups -OCH3 is 1. The Bertz CT molecular complexity index is 231.